The van der Waals surface area contributed by atoms with Crippen molar-refractivity contribution in [1.29, 1.82) is 0 Å². The summed E-state index contributed by atoms with van der Waals surface area (Å²) in [6.07, 6.45) is 0.387. The van der Waals surface area contributed by atoms with Gasteiger partial charge in [0, 0.05) is 50.0 Å². The van der Waals surface area contributed by atoms with Crippen molar-refractivity contribution in [3.05, 3.63) is 69.7 Å². The van der Waals surface area contributed by atoms with E-state index >= 15 is 0 Å². The lowest BCUT2D eigenvalue weighted by molar-refractivity contribution is -0.144. The number of ether oxygens (including phenoxy) is 2. The topological polar surface area (TPSA) is 175 Å². The number of anilines is 1. The Morgan fingerprint density at radius 1 is 0.984 bits per heavy atom. The maximum absolute atomic E-state index is 14.1. The van der Waals surface area contributed by atoms with Gasteiger partial charge in [0.2, 0.25) is 17.7 Å². The standard InChI is InChI=1S/C45H59N7O7S2/c1-27-11-16-34(35-25-60-44(49-35)51-18-20-58-21-19-51)39(28(27)2)59-24-38(55)46-17-9-8-10-37(54)50-41(45(5,6)7)43(57)52-23-33(53)22-36(52)42(56)48-29(3)31-12-14-32(15-13-31)40-30(4)47-26-61-40/h11-16,25-26,29,33,36,41,53H,8-10,17-24H2,1-7H3,(H,46,55)(H,48,56)(H,50,54)/t29-,33+,36-,41+/m0/s1. The number of aromatic nitrogens is 2. The molecule has 2 saturated heterocycles. The molecule has 0 unspecified atom stereocenters. The molecule has 4 atom stereocenters. The number of aliphatic hydroxyl groups excluding tert-OH is 1. The van der Waals surface area contributed by atoms with Crippen LogP contribution in [0.25, 0.3) is 21.7 Å². The fraction of sp³-hybridized carbons (Fsp3) is 0.511. The minimum atomic E-state index is -0.928. The molecule has 16 heteroatoms. The van der Waals surface area contributed by atoms with Crippen molar-refractivity contribution in [3.8, 4) is 27.4 Å². The van der Waals surface area contributed by atoms with Gasteiger partial charge in [-0.3, -0.25) is 19.2 Å². The number of aryl methyl sites for hydroxylation is 2. The van der Waals surface area contributed by atoms with Gasteiger partial charge in [-0.25, -0.2) is 9.97 Å². The molecule has 0 spiro atoms. The number of nitrogens with one attached hydrogen (secondary N) is 3. The maximum atomic E-state index is 14.1. The third-order valence-corrected chi connectivity index (χ3v) is 13.2. The predicted molar refractivity (Wildman–Crippen MR) is 239 cm³/mol. The van der Waals surface area contributed by atoms with E-state index < -0.39 is 29.5 Å². The number of carbonyl (C=O) groups excluding carboxylic acids is 4. The minimum absolute atomic E-state index is 0.00838. The van der Waals surface area contributed by atoms with Crippen molar-refractivity contribution in [2.75, 3.05) is 50.9 Å². The van der Waals surface area contributed by atoms with Crippen molar-refractivity contribution in [1.82, 2.24) is 30.8 Å². The lowest BCUT2D eigenvalue weighted by Crippen LogP contribution is -2.57. The first kappa shape index (κ1) is 45.6. The summed E-state index contributed by atoms with van der Waals surface area (Å²) in [5.41, 5.74) is 7.68. The van der Waals surface area contributed by atoms with E-state index in [1.54, 1.807) is 22.7 Å². The molecule has 0 radical (unpaired) electrons. The summed E-state index contributed by atoms with van der Waals surface area (Å²) in [6.45, 7) is 16.5. The lowest BCUT2D eigenvalue weighted by Gasteiger charge is -2.35. The Bertz CT molecular complexity index is 2160. The largest absolute Gasteiger partial charge is 0.483 e. The molecule has 4 aromatic rings. The van der Waals surface area contributed by atoms with Crippen molar-refractivity contribution in [2.45, 2.75) is 98.4 Å². The number of thiazole rings is 2. The summed E-state index contributed by atoms with van der Waals surface area (Å²) in [5, 5.41) is 22.4. The molecule has 2 aromatic carbocycles. The summed E-state index contributed by atoms with van der Waals surface area (Å²) in [6, 6.07) is 9.79. The maximum Gasteiger partial charge on any atom is 0.257 e. The molecule has 14 nitrogen and oxygen atoms in total. The second-order valence-corrected chi connectivity index (χ2v) is 18.7. The van der Waals surface area contributed by atoms with Crippen LogP contribution < -0.4 is 25.6 Å². The Labute approximate surface area is 366 Å². The van der Waals surface area contributed by atoms with Gasteiger partial charge in [-0.2, -0.15) is 0 Å². The van der Waals surface area contributed by atoms with E-state index in [0.29, 0.717) is 38.3 Å². The highest BCUT2D eigenvalue weighted by atomic mass is 32.1. The first-order valence-corrected chi connectivity index (χ1v) is 22.7. The summed E-state index contributed by atoms with van der Waals surface area (Å²) < 4.78 is 11.6. The van der Waals surface area contributed by atoms with Crippen LogP contribution in [0.5, 0.6) is 5.75 Å². The Morgan fingerprint density at radius 3 is 2.41 bits per heavy atom. The number of β-amino-alcohol motifs (C(OH)–C–C–N with tert-alkyl or cyclic N) is 1. The number of hydrogen-bond acceptors (Lipinski definition) is 12. The summed E-state index contributed by atoms with van der Waals surface area (Å²) in [7, 11) is 0. The smallest absolute Gasteiger partial charge is 0.257 e. The molecule has 2 aliphatic heterocycles. The molecule has 4 heterocycles. The van der Waals surface area contributed by atoms with Gasteiger partial charge in [-0.05, 0) is 74.3 Å². The fourth-order valence-corrected chi connectivity index (χ4v) is 9.23. The van der Waals surface area contributed by atoms with Crippen LogP contribution in [-0.4, -0.2) is 108 Å². The van der Waals surface area contributed by atoms with Crippen molar-refractivity contribution >= 4 is 51.4 Å². The highest BCUT2D eigenvalue weighted by Gasteiger charge is 2.44. The first-order chi connectivity index (χ1) is 29.1. The van der Waals surface area contributed by atoms with Crippen LogP contribution in [-0.2, 0) is 23.9 Å². The van der Waals surface area contributed by atoms with Crippen molar-refractivity contribution < 1.29 is 33.8 Å². The number of nitrogens with zero attached hydrogens (tertiary/aromatic N) is 4. The van der Waals surface area contributed by atoms with Gasteiger partial charge >= 0.3 is 0 Å². The summed E-state index contributed by atoms with van der Waals surface area (Å²) in [4.78, 5) is 67.8. The van der Waals surface area contributed by atoms with E-state index in [0.717, 1.165) is 62.3 Å². The van der Waals surface area contributed by atoms with Crippen LogP contribution in [0, 0.1) is 26.2 Å². The summed E-state index contributed by atoms with van der Waals surface area (Å²) >= 11 is 3.15. The number of benzene rings is 2. The number of hydrogen-bond donors (Lipinski definition) is 4. The number of amides is 4. The molecule has 328 valence electrons. The quantitative estimate of drug-likeness (QED) is 0.102. The number of carbonyl (C=O) groups is 4. The number of likely N-dealkylation sites (tertiary alicyclic amines) is 1. The zero-order valence-corrected chi connectivity index (χ0v) is 37.8. The highest BCUT2D eigenvalue weighted by Crippen LogP contribution is 2.37. The normalized spacial score (nSPS) is 17.8. The molecule has 0 aliphatic carbocycles. The average molecular weight is 874 g/mol. The van der Waals surface area contributed by atoms with Crippen LogP contribution in [0.3, 0.4) is 0 Å². The zero-order valence-electron chi connectivity index (χ0n) is 36.2. The van der Waals surface area contributed by atoms with Crippen LogP contribution in [0.1, 0.15) is 81.8 Å². The lowest BCUT2D eigenvalue weighted by atomic mass is 9.85. The molecule has 0 bridgehead atoms. The highest BCUT2D eigenvalue weighted by molar-refractivity contribution is 7.14. The second kappa shape index (κ2) is 20.3. The van der Waals surface area contributed by atoms with Crippen LogP contribution in [0.2, 0.25) is 0 Å². The van der Waals surface area contributed by atoms with Gasteiger partial charge in [-0.15, -0.1) is 22.7 Å². The molecule has 4 N–H and O–H groups in total. The molecular formula is C45H59N7O7S2. The SMILES string of the molecule is Cc1ccc(-c2csc(N3CCOCC3)n2)c(OCC(=O)NCCCCC(=O)N[C@H](C(=O)N2C[C@H](O)C[C@H]2C(=O)N[C@@H](C)c2ccc(-c3scnc3C)cc2)C(C)(C)C)c1C. The third-order valence-electron chi connectivity index (χ3n) is 11.3. The van der Waals surface area contributed by atoms with E-state index in [9.17, 15) is 24.3 Å². The molecule has 2 aliphatic rings. The molecule has 6 rings (SSSR count). The van der Waals surface area contributed by atoms with Gasteiger partial charge in [-0.1, -0.05) is 51.1 Å². The number of morpholine rings is 1. The van der Waals surface area contributed by atoms with Crippen LogP contribution in [0.15, 0.2) is 47.3 Å². The molecular weight excluding hydrogens is 815 g/mol. The van der Waals surface area contributed by atoms with Crippen molar-refractivity contribution in [2.24, 2.45) is 5.41 Å². The Kier molecular flexibility index (Phi) is 15.2. The Hall–Kier alpha value is -4.90. The van der Waals surface area contributed by atoms with E-state index in [2.05, 4.69) is 25.8 Å². The van der Waals surface area contributed by atoms with Crippen LogP contribution in [0.4, 0.5) is 5.13 Å². The Balaban J connectivity index is 0.963. The molecule has 2 aromatic heterocycles. The Morgan fingerprint density at radius 2 is 1.72 bits per heavy atom. The van der Waals surface area contributed by atoms with Crippen molar-refractivity contribution in [3.63, 3.8) is 0 Å². The van der Waals surface area contributed by atoms with Gasteiger partial charge < -0.3 is 40.3 Å². The minimum Gasteiger partial charge on any atom is -0.483 e. The predicted octanol–water partition coefficient (Wildman–Crippen LogP) is 5.73. The zero-order chi connectivity index (χ0) is 43.8. The van der Waals surface area contributed by atoms with E-state index in [-0.39, 0.29) is 49.8 Å². The number of rotatable bonds is 16. The number of aliphatic hydroxyl groups is 1. The summed E-state index contributed by atoms with van der Waals surface area (Å²) in [5.74, 6) is -0.736. The van der Waals surface area contributed by atoms with Gasteiger partial charge in [0.25, 0.3) is 5.91 Å². The van der Waals surface area contributed by atoms with Gasteiger partial charge in [0.05, 0.1) is 47.1 Å². The molecule has 61 heavy (non-hydrogen) atoms. The molecule has 4 amide bonds. The van der Waals surface area contributed by atoms with E-state index in [1.807, 2.05) is 95.8 Å². The number of unbranched alkanes of at least 4 members (excludes halogenated alkanes) is 1. The first-order valence-electron chi connectivity index (χ1n) is 21.0. The third kappa shape index (κ3) is 11.5. The van der Waals surface area contributed by atoms with E-state index in [4.69, 9.17) is 14.5 Å². The van der Waals surface area contributed by atoms with Gasteiger partial charge in [0.1, 0.15) is 17.8 Å². The molecule has 0 saturated carbocycles. The van der Waals surface area contributed by atoms with Gasteiger partial charge in [0.15, 0.2) is 11.7 Å². The second-order valence-electron chi connectivity index (χ2n) is 17.0. The van der Waals surface area contributed by atoms with E-state index in [1.165, 1.54) is 4.90 Å². The molecule has 2 fully saturated rings. The fourth-order valence-electron chi connectivity index (χ4n) is 7.54. The average Bonchev–Trinajstić information content (AvgIpc) is 4.00. The van der Waals surface area contributed by atoms with Crippen LogP contribution >= 0.6 is 22.7 Å². The monoisotopic (exact) mass is 873 g/mol.